The van der Waals surface area contributed by atoms with Crippen molar-refractivity contribution in [3.63, 3.8) is 0 Å². The second-order valence-electron chi connectivity index (χ2n) is 7.43. The van der Waals surface area contributed by atoms with Crippen LogP contribution in [0.4, 0.5) is 11.4 Å². The van der Waals surface area contributed by atoms with E-state index in [4.69, 9.17) is 0 Å². The molecular weight excluding hydrogens is 408 g/mol. The molecule has 1 aliphatic rings. The standard InChI is InChI=1S/C20H28N4O3S2/c1-15-14-16(24-12-10-23(2)11-13-24)4-6-18(15)22-20(25)19-7-5-17(28-19)8-9-21-29(3,26)27/h4-7,14,21H,8-13H2,1-3H3,(H,22,25). The number of piperazine rings is 1. The smallest absolute Gasteiger partial charge is 0.265 e. The van der Waals surface area contributed by atoms with Crippen LogP contribution in [0.2, 0.25) is 0 Å². The van der Waals surface area contributed by atoms with Crippen LogP contribution in [0.3, 0.4) is 0 Å². The van der Waals surface area contributed by atoms with Crippen molar-refractivity contribution in [1.82, 2.24) is 9.62 Å². The van der Waals surface area contributed by atoms with E-state index >= 15 is 0 Å². The zero-order chi connectivity index (χ0) is 21.0. The number of sulfonamides is 1. The van der Waals surface area contributed by atoms with Crippen molar-refractivity contribution in [2.24, 2.45) is 0 Å². The molecule has 0 atom stereocenters. The number of rotatable bonds is 7. The molecule has 1 fully saturated rings. The van der Waals surface area contributed by atoms with Gasteiger partial charge in [-0.3, -0.25) is 4.79 Å². The molecule has 29 heavy (non-hydrogen) atoms. The van der Waals surface area contributed by atoms with Crippen LogP contribution >= 0.6 is 11.3 Å². The number of benzene rings is 1. The number of nitrogens with zero attached hydrogens (tertiary/aromatic N) is 2. The molecule has 0 unspecified atom stereocenters. The molecule has 0 radical (unpaired) electrons. The van der Waals surface area contributed by atoms with Crippen molar-refractivity contribution in [2.75, 3.05) is 56.2 Å². The molecule has 1 aromatic carbocycles. The summed E-state index contributed by atoms with van der Waals surface area (Å²) in [5, 5.41) is 2.99. The van der Waals surface area contributed by atoms with Crippen LogP contribution in [-0.4, -0.2) is 65.3 Å². The van der Waals surface area contributed by atoms with Gasteiger partial charge < -0.3 is 15.1 Å². The fourth-order valence-electron chi connectivity index (χ4n) is 3.23. The van der Waals surface area contributed by atoms with Crippen LogP contribution in [0.15, 0.2) is 30.3 Å². The SMILES string of the molecule is Cc1cc(N2CCN(C)CC2)ccc1NC(=O)c1ccc(CCNS(C)(=O)=O)s1. The Balaban J connectivity index is 1.59. The van der Waals surface area contributed by atoms with Crippen molar-refractivity contribution >= 4 is 38.6 Å². The third-order valence-electron chi connectivity index (χ3n) is 4.95. The Morgan fingerprint density at radius 1 is 1.14 bits per heavy atom. The van der Waals surface area contributed by atoms with Crippen molar-refractivity contribution in [3.05, 3.63) is 45.6 Å². The molecule has 1 aliphatic heterocycles. The molecule has 9 heteroatoms. The maximum absolute atomic E-state index is 12.6. The summed E-state index contributed by atoms with van der Waals surface area (Å²) in [6, 6.07) is 9.80. The summed E-state index contributed by atoms with van der Waals surface area (Å²) in [7, 11) is -1.06. The minimum Gasteiger partial charge on any atom is -0.369 e. The second-order valence-corrected chi connectivity index (χ2v) is 10.4. The first-order valence-electron chi connectivity index (χ1n) is 9.60. The Labute approximate surface area is 176 Å². The van der Waals surface area contributed by atoms with E-state index in [0.29, 0.717) is 17.8 Å². The Hall–Kier alpha value is -1.94. The Morgan fingerprint density at radius 3 is 2.52 bits per heavy atom. The van der Waals surface area contributed by atoms with Gasteiger partial charge in [0.25, 0.3) is 5.91 Å². The Morgan fingerprint density at radius 2 is 1.86 bits per heavy atom. The number of thiophene rings is 1. The van der Waals surface area contributed by atoms with Gasteiger partial charge in [-0.15, -0.1) is 11.3 Å². The van der Waals surface area contributed by atoms with Gasteiger partial charge >= 0.3 is 0 Å². The largest absolute Gasteiger partial charge is 0.369 e. The lowest BCUT2D eigenvalue weighted by molar-refractivity contribution is 0.103. The summed E-state index contributed by atoms with van der Waals surface area (Å²) in [4.78, 5) is 18.9. The molecule has 1 saturated heterocycles. The van der Waals surface area contributed by atoms with E-state index in [9.17, 15) is 13.2 Å². The van der Waals surface area contributed by atoms with Crippen LogP contribution in [0.1, 0.15) is 20.1 Å². The van der Waals surface area contributed by atoms with Crippen LogP contribution < -0.4 is 14.9 Å². The zero-order valence-electron chi connectivity index (χ0n) is 17.1. The number of anilines is 2. The van der Waals surface area contributed by atoms with Crippen molar-refractivity contribution in [2.45, 2.75) is 13.3 Å². The van der Waals surface area contributed by atoms with E-state index < -0.39 is 10.0 Å². The van der Waals surface area contributed by atoms with Gasteiger partial charge in [-0.1, -0.05) is 0 Å². The zero-order valence-corrected chi connectivity index (χ0v) is 18.7. The number of hydrogen-bond acceptors (Lipinski definition) is 6. The van der Waals surface area contributed by atoms with E-state index in [1.54, 1.807) is 6.07 Å². The third kappa shape index (κ3) is 6.27. The topological polar surface area (TPSA) is 81.8 Å². The molecule has 2 N–H and O–H groups in total. The van der Waals surface area contributed by atoms with E-state index in [1.807, 2.05) is 19.1 Å². The van der Waals surface area contributed by atoms with Crippen LogP contribution in [0.5, 0.6) is 0 Å². The number of carbonyl (C=O) groups is 1. The maximum atomic E-state index is 12.6. The lowest BCUT2D eigenvalue weighted by Crippen LogP contribution is -2.44. The van der Waals surface area contributed by atoms with Gasteiger partial charge in [-0.25, -0.2) is 13.1 Å². The second kappa shape index (κ2) is 9.25. The van der Waals surface area contributed by atoms with Gasteiger partial charge in [-0.2, -0.15) is 0 Å². The Bertz CT molecular complexity index is 964. The highest BCUT2D eigenvalue weighted by Gasteiger charge is 2.16. The molecule has 158 valence electrons. The minimum atomic E-state index is -3.19. The average Bonchev–Trinajstić information content (AvgIpc) is 3.12. The van der Waals surface area contributed by atoms with E-state index in [2.05, 4.69) is 39.0 Å². The fraction of sp³-hybridized carbons (Fsp3) is 0.450. The van der Waals surface area contributed by atoms with Gasteiger partial charge in [0.05, 0.1) is 11.1 Å². The summed E-state index contributed by atoms with van der Waals surface area (Å²) in [6.45, 7) is 6.46. The van der Waals surface area contributed by atoms with E-state index in [-0.39, 0.29) is 5.91 Å². The fourth-order valence-corrected chi connectivity index (χ4v) is 4.60. The first-order valence-corrected chi connectivity index (χ1v) is 12.3. The number of amides is 1. The first kappa shape index (κ1) is 21.8. The summed E-state index contributed by atoms with van der Waals surface area (Å²) < 4.78 is 24.7. The van der Waals surface area contributed by atoms with Crippen LogP contribution in [-0.2, 0) is 16.4 Å². The number of carbonyl (C=O) groups excluding carboxylic acids is 1. The lowest BCUT2D eigenvalue weighted by atomic mass is 10.1. The normalized spacial score (nSPS) is 15.5. The predicted octanol–water partition coefficient (Wildman–Crippen LogP) is 2.15. The van der Waals surface area contributed by atoms with Gasteiger partial charge in [-0.05, 0) is 56.3 Å². The predicted molar refractivity (Wildman–Crippen MR) is 120 cm³/mol. The molecule has 2 heterocycles. The van der Waals surface area contributed by atoms with Crippen LogP contribution in [0, 0.1) is 6.92 Å². The molecule has 3 rings (SSSR count). The minimum absolute atomic E-state index is 0.146. The first-order chi connectivity index (χ1) is 13.7. The molecule has 2 aromatic rings. The Kier molecular flexibility index (Phi) is 6.94. The molecule has 7 nitrogen and oxygen atoms in total. The molecule has 1 aromatic heterocycles. The molecular formula is C20H28N4O3S2. The number of nitrogens with one attached hydrogen (secondary N) is 2. The van der Waals surface area contributed by atoms with Crippen molar-refractivity contribution < 1.29 is 13.2 Å². The van der Waals surface area contributed by atoms with Crippen molar-refractivity contribution in [3.8, 4) is 0 Å². The lowest BCUT2D eigenvalue weighted by Gasteiger charge is -2.34. The highest BCUT2D eigenvalue weighted by atomic mass is 32.2. The maximum Gasteiger partial charge on any atom is 0.265 e. The third-order valence-corrected chi connectivity index (χ3v) is 6.82. The number of aryl methyl sites for hydroxylation is 1. The van der Waals surface area contributed by atoms with Crippen LogP contribution in [0.25, 0.3) is 0 Å². The van der Waals surface area contributed by atoms with Gasteiger partial charge in [0.2, 0.25) is 10.0 Å². The molecule has 0 bridgehead atoms. The monoisotopic (exact) mass is 436 g/mol. The number of hydrogen-bond donors (Lipinski definition) is 2. The highest BCUT2D eigenvalue weighted by Crippen LogP contribution is 2.25. The molecule has 0 saturated carbocycles. The summed E-state index contributed by atoms with van der Waals surface area (Å²) in [5.41, 5.74) is 3.02. The molecule has 0 spiro atoms. The summed E-state index contributed by atoms with van der Waals surface area (Å²) in [5.74, 6) is -0.146. The summed E-state index contributed by atoms with van der Waals surface area (Å²) >= 11 is 1.38. The van der Waals surface area contributed by atoms with Gasteiger partial charge in [0, 0.05) is 49.0 Å². The van der Waals surface area contributed by atoms with Crippen molar-refractivity contribution in [1.29, 1.82) is 0 Å². The highest BCUT2D eigenvalue weighted by molar-refractivity contribution is 7.88. The van der Waals surface area contributed by atoms with Gasteiger partial charge in [0.1, 0.15) is 0 Å². The quantitative estimate of drug-likeness (QED) is 0.695. The van der Waals surface area contributed by atoms with E-state index in [1.165, 1.54) is 17.0 Å². The summed E-state index contributed by atoms with van der Waals surface area (Å²) in [6.07, 6.45) is 1.70. The van der Waals surface area contributed by atoms with E-state index in [0.717, 1.165) is 48.6 Å². The molecule has 1 amide bonds. The number of likely N-dealkylation sites (N-methyl/N-ethyl adjacent to an activating group) is 1. The average molecular weight is 437 g/mol. The molecule has 0 aliphatic carbocycles. The van der Waals surface area contributed by atoms with Gasteiger partial charge in [0.15, 0.2) is 0 Å².